The van der Waals surface area contributed by atoms with E-state index < -0.39 is 10.0 Å². The number of anilines is 2. The largest absolute Gasteiger partial charge is 0.298 e. The van der Waals surface area contributed by atoms with Crippen LogP contribution in [0.4, 0.5) is 10.8 Å². The molecule has 6 nitrogen and oxygen atoms in total. The Morgan fingerprint density at radius 2 is 1.60 bits per heavy atom. The van der Waals surface area contributed by atoms with E-state index in [-0.39, 0.29) is 10.8 Å². The molecule has 0 spiro atoms. The van der Waals surface area contributed by atoms with E-state index in [9.17, 15) is 13.2 Å². The molecule has 0 saturated carbocycles. The molecule has 0 aliphatic carbocycles. The Kier molecular flexibility index (Phi) is 5.27. The minimum absolute atomic E-state index is 0.174. The van der Waals surface area contributed by atoms with Crippen LogP contribution >= 0.6 is 11.3 Å². The van der Waals surface area contributed by atoms with Crippen LogP contribution < -0.4 is 10.0 Å². The number of nitrogens with one attached hydrogen (secondary N) is 2. The summed E-state index contributed by atoms with van der Waals surface area (Å²) in [6.45, 7) is 4.07. The monoisotopic (exact) mass is 437 g/mol. The standard InChI is InChI=1S/C22H19N3O3S2/c1-14-12-19-20(13-15(14)2)29-22(23-19)24-21(26)16-8-10-17(11-9-16)25-30(27,28)18-6-4-3-5-7-18/h3-13,25H,1-2H3,(H,23,24,26). The molecule has 152 valence electrons. The first kappa shape index (κ1) is 20.1. The molecular weight excluding hydrogens is 418 g/mol. The number of hydrogen-bond acceptors (Lipinski definition) is 5. The number of thiazole rings is 1. The SMILES string of the molecule is Cc1cc2nc(NC(=O)c3ccc(NS(=O)(=O)c4ccccc4)cc3)sc2cc1C. The highest BCUT2D eigenvalue weighted by molar-refractivity contribution is 7.92. The first-order valence-electron chi connectivity index (χ1n) is 9.19. The van der Waals surface area contributed by atoms with Gasteiger partial charge < -0.3 is 0 Å². The van der Waals surface area contributed by atoms with Crippen LogP contribution in [0.15, 0.2) is 71.6 Å². The van der Waals surface area contributed by atoms with E-state index in [4.69, 9.17) is 0 Å². The Labute approximate surface area is 178 Å². The van der Waals surface area contributed by atoms with Gasteiger partial charge in [-0.2, -0.15) is 0 Å². The maximum absolute atomic E-state index is 12.6. The fourth-order valence-electron chi connectivity index (χ4n) is 2.91. The summed E-state index contributed by atoms with van der Waals surface area (Å²) in [6, 6.07) is 18.4. The first-order chi connectivity index (χ1) is 14.3. The summed E-state index contributed by atoms with van der Waals surface area (Å²) >= 11 is 1.42. The normalized spacial score (nSPS) is 11.4. The Morgan fingerprint density at radius 3 is 2.30 bits per heavy atom. The van der Waals surface area contributed by atoms with Crippen LogP contribution in [-0.4, -0.2) is 19.3 Å². The summed E-state index contributed by atoms with van der Waals surface area (Å²) in [4.78, 5) is 17.2. The van der Waals surface area contributed by atoms with Gasteiger partial charge in [0.1, 0.15) is 0 Å². The molecule has 4 rings (SSSR count). The van der Waals surface area contributed by atoms with Crippen molar-refractivity contribution < 1.29 is 13.2 Å². The third-order valence-electron chi connectivity index (χ3n) is 4.68. The fraction of sp³-hybridized carbons (Fsp3) is 0.0909. The molecule has 8 heteroatoms. The first-order valence-corrected chi connectivity index (χ1v) is 11.5. The van der Waals surface area contributed by atoms with E-state index in [1.165, 1.54) is 29.0 Å². The summed E-state index contributed by atoms with van der Waals surface area (Å²) in [5.41, 5.74) is 3.96. The lowest BCUT2D eigenvalue weighted by Crippen LogP contribution is -2.14. The van der Waals surface area contributed by atoms with Gasteiger partial charge in [-0.3, -0.25) is 14.8 Å². The summed E-state index contributed by atoms with van der Waals surface area (Å²) in [6.07, 6.45) is 0. The third kappa shape index (κ3) is 4.19. The maximum Gasteiger partial charge on any atom is 0.261 e. The fourth-order valence-corrected chi connectivity index (χ4v) is 4.93. The zero-order valence-electron chi connectivity index (χ0n) is 16.3. The smallest absolute Gasteiger partial charge is 0.261 e. The van der Waals surface area contributed by atoms with Gasteiger partial charge >= 0.3 is 0 Å². The molecule has 0 unspecified atom stereocenters. The van der Waals surface area contributed by atoms with Crippen molar-refractivity contribution >= 4 is 48.3 Å². The summed E-state index contributed by atoms with van der Waals surface area (Å²) < 4.78 is 28.3. The van der Waals surface area contributed by atoms with Crippen LogP contribution in [0.3, 0.4) is 0 Å². The van der Waals surface area contributed by atoms with E-state index in [1.807, 2.05) is 19.9 Å². The minimum Gasteiger partial charge on any atom is -0.298 e. The highest BCUT2D eigenvalue weighted by atomic mass is 32.2. The highest BCUT2D eigenvalue weighted by Crippen LogP contribution is 2.28. The van der Waals surface area contributed by atoms with Gasteiger partial charge in [0.15, 0.2) is 5.13 Å². The van der Waals surface area contributed by atoms with Gasteiger partial charge in [-0.15, -0.1) is 0 Å². The van der Waals surface area contributed by atoms with Gasteiger partial charge in [-0.1, -0.05) is 29.5 Å². The quantitative estimate of drug-likeness (QED) is 0.462. The van der Waals surface area contributed by atoms with E-state index in [2.05, 4.69) is 21.1 Å². The zero-order chi connectivity index (χ0) is 21.3. The van der Waals surface area contributed by atoms with E-state index in [0.29, 0.717) is 16.4 Å². The lowest BCUT2D eigenvalue weighted by molar-refractivity contribution is 0.102. The summed E-state index contributed by atoms with van der Waals surface area (Å²) in [5.74, 6) is -0.306. The zero-order valence-corrected chi connectivity index (χ0v) is 18.0. The molecular formula is C22H19N3O3S2. The van der Waals surface area contributed by atoms with Crippen LogP contribution in [0, 0.1) is 13.8 Å². The number of carbonyl (C=O) groups is 1. The van der Waals surface area contributed by atoms with E-state index in [0.717, 1.165) is 15.8 Å². The molecule has 2 N–H and O–H groups in total. The molecule has 0 atom stereocenters. The van der Waals surface area contributed by atoms with Crippen molar-refractivity contribution in [3.05, 3.63) is 83.4 Å². The lowest BCUT2D eigenvalue weighted by Gasteiger charge is -2.08. The van der Waals surface area contributed by atoms with E-state index in [1.54, 1.807) is 42.5 Å². The van der Waals surface area contributed by atoms with Crippen molar-refractivity contribution in [2.24, 2.45) is 0 Å². The van der Waals surface area contributed by atoms with Gasteiger partial charge in [0.05, 0.1) is 15.1 Å². The number of hydrogen-bond donors (Lipinski definition) is 2. The second-order valence-electron chi connectivity index (χ2n) is 6.87. The lowest BCUT2D eigenvalue weighted by atomic mass is 10.1. The number of amides is 1. The maximum atomic E-state index is 12.6. The molecule has 1 amide bonds. The van der Waals surface area contributed by atoms with Gasteiger partial charge in [0.25, 0.3) is 15.9 Å². The van der Waals surface area contributed by atoms with Gasteiger partial charge in [0, 0.05) is 11.3 Å². The van der Waals surface area contributed by atoms with Crippen LogP contribution in [0.2, 0.25) is 0 Å². The average molecular weight is 438 g/mol. The topological polar surface area (TPSA) is 88.2 Å². The highest BCUT2D eigenvalue weighted by Gasteiger charge is 2.15. The molecule has 0 saturated heterocycles. The van der Waals surface area contributed by atoms with Crippen LogP contribution in [-0.2, 0) is 10.0 Å². The molecule has 4 aromatic rings. The average Bonchev–Trinajstić information content (AvgIpc) is 3.10. The van der Waals surface area contributed by atoms with Crippen molar-refractivity contribution in [1.29, 1.82) is 0 Å². The number of rotatable bonds is 5. The molecule has 0 radical (unpaired) electrons. The predicted octanol–water partition coefficient (Wildman–Crippen LogP) is 4.97. The Balaban J connectivity index is 1.48. The van der Waals surface area contributed by atoms with Crippen molar-refractivity contribution in [2.75, 3.05) is 10.0 Å². The van der Waals surface area contributed by atoms with Crippen molar-refractivity contribution in [2.45, 2.75) is 18.7 Å². The summed E-state index contributed by atoms with van der Waals surface area (Å²) in [5, 5.41) is 3.33. The van der Waals surface area contributed by atoms with Gasteiger partial charge in [-0.05, 0) is 73.5 Å². The number of aromatic nitrogens is 1. The number of aryl methyl sites for hydroxylation is 2. The van der Waals surface area contributed by atoms with Gasteiger partial charge in [-0.25, -0.2) is 13.4 Å². The number of nitrogens with zero attached hydrogens (tertiary/aromatic N) is 1. The minimum atomic E-state index is -3.68. The Bertz CT molecular complexity index is 1290. The van der Waals surface area contributed by atoms with Crippen LogP contribution in [0.25, 0.3) is 10.2 Å². The van der Waals surface area contributed by atoms with Crippen molar-refractivity contribution in [1.82, 2.24) is 4.98 Å². The molecule has 0 aliphatic heterocycles. The Hall–Kier alpha value is -3.23. The molecule has 1 heterocycles. The number of carbonyl (C=O) groups excluding carboxylic acids is 1. The number of fused-ring (bicyclic) bond motifs is 1. The van der Waals surface area contributed by atoms with Crippen LogP contribution in [0.1, 0.15) is 21.5 Å². The number of benzene rings is 3. The summed E-state index contributed by atoms with van der Waals surface area (Å²) in [7, 11) is -3.68. The second-order valence-corrected chi connectivity index (χ2v) is 9.59. The van der Waals surface area contributed by atoms with Crippen molar-refractivity contribution in [3.8, 4) is 0 Å². The molecule has 0 aliphatic rings. The van der Waals surface area contributed by atoms with Crippen LogP contribution in [0.5, 0.6) is 0 Å². The predicted molar refractivity (Wildman–Crippen MR) is 121 cm³/mol. The number of sulfonamides is 1. The third-order valence-corrected chi connectivity index (χ3v) is 7.01. The Morgan fingerprint density at radius 1 is 0.933 bits per heavy atom. The molecule has 3 aromatic carbocycles. The van der Waals surface area contributed by atoms with Gasteiger partial charge in [0.2, 0.25) is 0 Å². The molecule has 1 aromatic heterocycles. The molecule has 0 fully saturated rings. The van der Waals surface area contributed by atoms with E-state index >= 15 is 0 Å². The second kappa shape index (κ2) is 7.89. The molecule has 30 heavy (non-hydrogen) atoms. The molecule has 0 bridgehead atoms. The van der Waals surface area contributed by atoms with Crippen molar-refractivity contribution in [3.63, 3.8) is 0 Å².